The van der Waals surface area contributed by atoms with Gasteiger partial charge in [0.2, 0.25) is 5.91 Å². The standard InChI is InChI=1S/C30H26N2O3S2/c33-23-15-13-22(14-16-23)31-28(34)12-2-1-7-17-32-29(35)27(37-30(32)36)19-26-24-10-5-3-8-20(24)18-21-9-4-6-11-25(21)26/h3-6,8-11,13-16,18-19,33H,1-2,7,12,17H2,(H,31,34)/b27-19-. The summed E-state index contributed by atoms with van der Waals surface area (Å²) in [6, 6.07) is 25.0. The summed E-state index contributed by atoms with van der Waals surface area (Å²) in [6.07, 6.45) is 4.68. The van der Waals surface area contributed by atoms with Crippen LogP contribution in [-0.2, 0) is 9.59 Å². The Hall–Kier alpha value is -3.68. The van der Waals surface area contributed by atoms with Crippen molar-refractivity contribution in [3.63, 3.8) is 0 Å². The Bertz CT molecular complexity index is 1480. The smallest absolute Gasteiger partial charge is 0.266 e. The summed E-state index contributed by atoms with van der Waals surface area (Å²) in [7, 11) is 0. The number of carbonyl (C=O) groups is 2. The number of thioether (sulfide) groups is 1. The normalized spacial score (nSPS) is 14.7. The minimum absolute atomic E-state index is 0.0583. The number of anilines is 1. The van der Waals surface area contributed by atoms with Crippen LogP contribution in [-0.4, -0.2) is 32.7 Å². The maximum absolute atomic E-state index is 13.3. The summed E-state index contributed by atoms with van der Waals surface area (Å²) < 4.78 is 0.575. The van der Waals surface area contributed by atoms with Crippen LogP contribution in [0.25, 0.3) is 27.6 Å². The van der Waals surface area contributed by atoms with Crippen molar-refractivity contribution in [3.8, 4) is 5.75 Å². The maximum Gasteiger partial charge on any atom is 0.266 e. The van der Waals surface area contributed by atoms with E-state index in [-0.39, 0.29) is 17.6 Å². The molecule has 2 N–H and O–H groups in total. The largest absolute Gasteiger partial charge is 0.508 e. The van der Waals surface area contributed by atoms with Crippen molar-refractivity contribution in [2.45, 2.75) is 25.7 Å². The third-order valence-corrected chi connectivity index (χ3v) is 7.78. The van der Waals surface area contributed by atoms with Crippen LogP contribution >= 0.6 is 24.0 Å². The molecule has 4 aromatic rings. The number of amides is 2. The zero-order valence-corrected chi connectivity index (χ0v) is 21.8. The van der Waals surface area contributed by atoms with E-state index in [0.29, 0.717) is 27.9 Å². The number of benzene rings is 4. The van der Waals surface area contributed by atoms with E-state index in [2.05, 4.69) is 35.6 Å². The predicted octanol–water partition coefficient (Wildman–Crippen LogP) is 7.10. The molecule has 186 valence electrons. The van der Waals surface area contributed by atoms with E-state index in [1.807, 2.05) is 30.3 Å². The minimum Gasteiger partial charge on any atom is -0.508 e. The molecule has 0 aromatic heterocycles. The first-order valence-corrected chi connectivity index (χ1v) is 13.5. The van der Waals surface area contributed by atoms with Gasteiger partial charge in [0.25, 0.3) is 5.91 Å². The molecule has 2 amide bonds. The predicted molar refractivity (Wildman–Crippen MR) is 157 cm³/mol. The number of fused-ring (bicyclic) bond motifs is 2. The highest BCUT2D eigenvalue weighted by Gasteiger charge is 2.31. The van der Waals surface area contributed by atoms with Crippen molar-refractivity contribution in [1.82, 2.24) is 4.90 Å². The monoisotopic (exact) mass is 526 g/mol. The Morgan fingerprint density at radius 2 is 1.57 bits per heavy atom. The van der Waals surface area contributed by atoms with Crippen molar-refractivity contribution in [2.24, 2.45) is 0 Å². The Kier molecular flexibility index (Phi) is 7.53. The molecule has 0 radical (unpaired) electrons. The molecule has 0 spiro atoms. The second kappa shape index (κ2) is 11.2. The van der Waals surface area contributed by atoms with Gasteiger partial charge in [-0.05, 0) is 76.4 Å². The maximum atomic E-state index is 13.3. The average Bonchev–Trinajstić information content (AvgIpc) is 3.17. The quantitative estimate of drug-likeness (QED) is 0.0843. The van der Waals surface area contributed by atoms with E-state index in [1.54, 1.807) is 17.0 Å². The number of unbranched alkanes of at least 4 members (excludes halogenated alkanes) is 2. The molecule has 5 rings (SSSR count). The number of nitrogens with one attached hydrogen (secondary N) is 1. The second-order valence-electron chi connectivity index (χ2n) is 8.97. The van der Waals surface area contributed by atoms with E-state index in [4.69, 9.17) is 12.2 Å². The van der Waals surface area contributed by atoms with Crippen LogP contribution < -0.4 is 5.32 Å². The highest BCUT2D eigenvalue weighted by atomic mass is 32.2. The summed E-state index contributed by atoms with van der Waals surface area (Å²) in [4.78, 5) is 27.7. The number of carbonyl (C=O) groups excluding carboxylic acids is 2. The van der Waals surface area contributed by atoms with Crippen molar-refractivity contribution in [2.75, 3.05) is 11.9 Å². The van der Waals surface area contributed by atoms with Crippen molar-refractivity contribution in [3.05, 3.63) is 89.3 Å². The molecular formula is C30H26N2O3S2. The lowest BCUT2D eigenvalue weighted by atomic mass is 9.96. The molecule has 1 aliphatic rings. The van der Waals surface area contributed by atoms with Crippen molar-refractivity contribution < 1.29 is 14.7 Å². The van der Waals surface area contributed by atoms with Gasteiger partial charge in [-0.3, -0.25) is 14.5 Å². The molecule has 0 bridgehead atoms. The van der Waals surface area contributed by atoms with Crippen LogP contribution in [0.2, 0.25) is 0 Å². The average molecular weight is 527 g/mol. The SMILES string of the molecule is O=C(CCCCCN1C(=O)/C(=C/c2c3ccccc3cc3ccccc23)SC1=S)Nc1ccc(O)cc1. The van der Waals surface area contributed by atoms with Crippen molar-refractivity contribution >= 4 is 73.4 Å². The second-order valence-corrected chi connectivity index (χ2v) is 10.6. The molecule has 0 unspecified atom stereocenters. The van der Waals surface area contributed by atoms with Gasteiger partial charge < -0.3 is 10.4 Å². The van der Waals surface area contributed by atoms with Crippen LogP contribution in [0.3, 0.4) is 0 Å². The summed E-state index contributed by atoms with van der Waals surface area (Å²) in [5, 5.41) is 16.7. The number of nitrogens with zero attached hydrogens (tertiary/aromatic N) is 1. The summed E-state index contributed by atoms with van der Waals surface area (Å²) in [5.74, 6) is 0.0349. The summed E-state index contributed by atoms with van der Waals surface area (Å²) in [5.41, 5.74) is 1.69. The lowest BCUT2D eigenvalue weighted by molar-refractivity contribution is -0.122. The van der Waals surface area contributed by atoms with Crippen molar-refractivity contribution in [1.29, 1.82) is 0 Å². The number of hydrogen-bond donors (Lipinski definition) is 2. The number of aromatic hydroxyl groups is 1. The number of phenolic OH excluding ortho intramolecular Hbond substituents is 1. The Labute approximate surface area is 225 Å². The fraction of sp³-hybridized carbons (Fsp3) is 0.167. The van der Waals surface area contributed by atoms with Gasteiger partial charge in [0.15, 0.2) is 0 Å². The number of thiocarbonyl (C=S) groups is 1. The Morgan fingerprint density at radius 3 is 2.24 bits per heavy atom. The first-order chi connectivity index (χ1) is 18.0. The molecule has 1 aliphatic heterocycles. The van der Waals surface area contributed by atoms with Crippen LogP contribution in [0, 0.1) is 0 Å². The molecule has 4 aromatic carbocycles. The summed E-state index contributed by atoms with van der Waals surface area (Å²) in [6.45, 7) is 0.540. The number of phenols is 1. The van der Waals surface area contributed by atoms with Gasteiger partial charge >= 0.3 is 0 Å². The third-order valence-electron chi connectivity index (χ3n) is 6.40. The van der Waals surface area contributed by atoms with Gasteiger partial charge in [0.1, 0.15) is 10.1 Å². The molecule has 7 heteroatoms. The van der Waals surface area contributed by atoms with Gasteiger partial charge in [-0.15, -0.1) is 0 Å². The minimum atomic E-state index is -0.0680. The molecule has 5 nitrogen and oxygen atoms in total. The van der Waals surface area contributed by atoms with Crippen LogP contribution in [0.4, 0.5) is 5.69 Å². The topological polar surface area (TPSA) is 69.6 Å². The molecule has 1 heterocycles. The van der Waals surface area contributed by atoms with Gasteiger partial charge in [0, 0.05) is 18.7 Å². The molecule has 37 heavy (non-hydrogen) atoms. The van der Waals surface area contributed by atoms with Gasteiger partial charge in [-0.2, -0.15) is 0 Å². The molecule has 0 saturated carbocycles. The van der Waals surface area contributed by atoms with Gasteiger partial charge in [0.05, 0.1) is 4.91 Å². The lowest BCUT2D eigenvalue weighted by Crippen LogP contribution is -2.29. The van der Waals surface area contributed by atoms with Gasteiger partial charge in [-0.1, -0.05) is 78.9 Å². The number of hydrogen-bond acceptors (Lipinski definition) is 5. The zero-order chi connectivity index (χ0) is 25.8. The first-order valence-electron chi connectivity index (χ1n) is 12.2. The van der Waals surface area contributed by atoms with Crippen LogP contribution in [0.5, 0.6) is 5.75 Å². The lowest BCUT2D eigenvalue weighted by Gasteiger charge is -2.14. The highest BCUT2D eigenvalue weighted by molar-refractivity contribution is 8.26. The Balaban J connectivity index is 1.21. The zero-order valence-electron chi connectivity index (χ0n) is 20.1. The molecule has 0 aliphatic carbocycles. The van der Waals surface area contributed by atoms with E-state index >= 15 is 0 Å². The molecular weight excluding hydrogens is 500 g/mol. The molecule has 0 atom stereocenters. The fourth-order valence-corrected chi connectivity index (χ4v) is 5.82. The third kappa shape index (κ3) is 5.68. The Morgan fingerprint density at radius 1 is 0.919 bits per heavy atom. The summed E-state index contributed by atoms with van der Waals surface area (Å²) >= 11 is 6.90. The van der Waals surface area contributed by atoms with Crippen LogP contribution in [0.1, 0.15) is 31.2 Å². The van der Waals surface area contributed by atoms with Gasteiger partial charge in [-0.25, -0.2) is 0 Å². The molecule has 1 fully saturated rings. The number of rotatable bonds is 8. The first kappa shape index (κ1) is 25.0. The van der Waals surface area contributed by atoms with E-state index in [0.717, 1.165) is 46.4 Å². The van der Waals surface area contributed by atoms with Crippen LogP contribution in [0.15, 0.2) is 83.8 Å². The van der Waals surface area contributed by atoms with E-state index < -0.39 is 0 Å². The molecule has 1 saturated heterocycles. The fourth-order valence-electron chi connectivity index (χ4n) is 4.53. The van der Waals surface area contributed by atoms with E-state index in [9.17, 15) is 14.7 Å². The van der Waals surface area contributed by atoms with E-state index in [1.165, 1.54) is 23.9 Å². The highest BCUT2D eigenvalue weighted by Crippen LogP contribution is 2.36.